The molecule has 0 radical (unpaired) electrons. The van der Waals surface area contributed by atoms with E-state index in [0.717, 1.165) is 0 Å². The number of hydrogen-bond acceptors (Lipinski definition) is 15. The number of carbonyl (C=O) groups is 10. The summed E-state index contributed by atoms with van der Waals surface area (Å²) in [4.78, 5) is 141. The Labute approximate surface area is 440 Å². The van der Waals surface area contributed by atoms with E-state index in [4.69, 9.17) is 21.9 Å². The van der Waals surface area contributed by atoms with E-state index in [2.05, 4.69) is 26.6 Å². The number of hydrogen-bond donors (Lipinski definition) is 9. The maximum Gasteiger partial charge on any atom is 0.331 e. The molecule has 1 fully saturated rings. The summed E-state index contributed by atoms with van der Waals surface area (Å²) in [5, 5.41) is 24.2. The number of aliphatic hydroxyl groups excluding tert-OH is 1. The molecule has 20 heteroatoms. The minimum Gasteiger partial charge on any atom is -0.460 e. The lowest BCUT2D eigenvalue weighted by Crippen LogP contribution is -2.56. The highest BCUT2D eigenvalue weighted by molar-refractivity contribution is 5.98. The van der Waals surface area contributed by atoms with Crippen molar-refractivity contribution in [2.45, 2.75) is 196 Å². The van der Waals surface area contributed by atoms with Crippen LogP contribution in [-0.2, 0) is 52.7 Å². The molecule has 0 spiro atoms. The van der Waals surface area contributed by atoms with E-state index < -0.39 is 143 Å². The maximum absolute atomic E-state index is 14.3. The average Bonchev–Trinajstić information content (AvgIpc) is 3.32. The normalized spacial score (nSPS) is 28.0. The van der Waals surface area contributed by atoms with Crippen LogP contribution in [0.15, 0.2) is 0 Å². The van der Waals surface area contributed by atoms with Crippen LogP contribution in [0.2, 0.25) is 0 Å². The molecule has 0 aliphatic carbocycles. The lowest BCUT2D eigenvalue weighted by molar-refractivity contribution is -0.158. The first kappa shape index (κ1) is 67.4. The van der Waals surface area contributed by atoms with Crippen LogP contribution in [0.1, 0.15) is 160 Å². The van der Waals surface area contributed by atoms with Crippen LogP contribution >= 0.6 is 0 Å². The van der Waals surface area contributed by atoms with Crippen molar-refractivity contribution >= 4 is 58.6 Å². The van der Waals surface area contributed by atoms with Crippen LogP contribution < -0.4 is 43.8 Å². The third-order valence-corrected chi connectivity index (χ3v) is 14.2. The Morgan fingerprint density at radius 3 is 1.27 bits per heavy atom. The van der Waals surface area contributed by atoms with Gasteiger partial charge in [-0.2, -0.15) is 0 Å². The molecule has 12 N–H and O–H groups in total. The van der Waals surface area contributed by atoms with Gasteiger partial charge in [-0.3, -0.25) is 43.2 Å². The van der Waals surface area contributed by atoms with Crippen molar-refractivity contribution in [2.75, 3.05) is 26.2 Å². The lowest BCUT2D eigenvalue weighted by atomic mass is 9.86. The first-order valence-corrected chi connectivity index (χ1v) is 27.2. The number of amides is 5. The zero-order valence-corrected chi connectivity index (χ0v) is 46.7. The number of rotatable bonds is 17. The highest BCUT2D eigenvalue weighted by atomic mass is 16.5. The van der Waals surface area contributed by atoms with Crippen molar-refractivity contribution in [1.29, 1.82) is 0 Å². The van der Waals surface area contributed by atoms with E-state index >= 15 is 0 Å². The second kappa shape index (κ2) is 34.1. The summed E-state index contributed by atoms with van der Waals surface area (Å²) in [6, 6.07) is -6.00. The Balaban J connectivity index is 4.00. The summed E-state index contributed by atoms with van der Waals surface area (Å²) in [7, 11) is 0. The molecule has 0 aromatic rings. The number of nitrogens with one attached hydrogen (secondary N) is 5. The molecule has 0 aromatic carbocycles. The fourth-order valence-corrected chi connectivity index (χ4v) is 9.22. The van der Waals surface area contributed by atoms with Crippen molar-refractivity contribution in [2.24, 2.45) is 76.4 Å². The van der Waals surface area contributed by atoms with E-state index in [0.29, 0.717) is 12.8 Å². The smallest absolute Gasteiger partial charge is 0.331 e. The molecule has 1 saturated heterocycles. The van der Waals surface area contributed by atoms with Gasteiger partial charge in [0, 0.05) is 55.8 Å². The summed E-state index contributed by atoms with van der Waals surface area (Å²) < 4.78 is 5.83. The van der Waals surface area contributed by atoms with Gasteiger partial charge in [-0.1, -0.05) is 95.9 Å². The Morgan fingerprint density at radius 2 is 0.865 bits per heavy atom. The summed E-state index contributed by atoms with van der Waals surface area (Å²) >= 11 is 0. The third-order valence-electron chi connectivity index (χ3n) is 14.2. The number of ketones is 4. The van der Waals surface area contributed by atoms with Gasteiger partial charge in [-0.05, 0) is 87.2 Å². The van der Waals surface area contributed by atoms with Gasteiger partial charge in [0.2, 0.25) is 29.5 Å². The van der Waals surface area contributed by atoms with Crippen LogP contribution in [0.5, 0.6) is 0 Å². The second-order valence-corrected chi connectivity index (χ2v) is 22.2. The molecule has 11 unspecified atom stereocenters. The van der Waals surface area contributed by atoms with Gasteiger partial charge >= 0.3 is 5.97 Å². The third kappa shape index (κ3) is 22.7. The van der Waals surface area contributed by atoms with Crippen molar-refractivity contribution in [3.8, 4) is 0 Å². The molecule has 0 saturated carbocycles. The van der Waals surface area contributed by atoms with Crippen molar-refractivity contribution in [1.82, 2.24) is 26.6 Å². The number of nitrogens with two attached hydrogens (primary N) is 3. The summed E-state index contributed by atoms with van der Waals surface area (Å²) in [6.45, 7) is 20.7. The monoisotopic (exact) mass is 1050 g/mol. The highest BCUT2D eigenvalue weighted by Gasteiger charge is 2.39. The van der Waals surface area contributed by atoms with Gasteiger partial charge in [0.15, 0.2) is 23.4 Å². The molecule has 1 rings (SSSR count). The molecule has 0 bridgehead atoms. The number of Topliss-reactive ketones (excluding diaryl/α,β-unsaturated/α-hetero) is 4. The molecular weight excluding hydrogens is 953 g/mol. The molecule has 1 aliphatic heterocycles. The zero-order valence-electron chi connectivity index (χ0n) is 46.7. The predicted molar refractivity (Wildman–Crippen MR) is 282 cm³/mol. The number of aliphatic hydroxyl groups is 1. The molecule has 12 atom stereocenters. The minimum atomic E-state index is -1.57. The van der Waals surface area contributed by atoms with Crippen molar-refractivity contribution in [3.63, 3.8) is 0 Å². The largest absolute Gasteiger partial charge is 0.460 e. The van der Waals surface area contributed by atoms with E-state index in [1.165, 1.54) is 0 Å². The first-order chi connectivity index (χ1) is 34.7. The van der Waals surface area contributed by atoms with Crippen molar-refractivity contribution < 1.29 is 57.8 Å². The summed E-state index contributed by atoms with van der Waals surface area (Å²) in [5.41, 5.74) is 17.9. The Bertz CT molecular complexity index is 1860. The highest BCUT2D eigenvalue weighted by Crippen LogP contribution is 2.24. The van der Waals surface area contributed by atoms with Crippen LogP contribution in [0.3, 0.4) is 0 Å². The van der Waals surface area contributed by atoms with Crippen LogP contribution in [0.4, 0.5) is 0 Å². The number of ether oxygens (including phenoxy) is 1. The van der Waals surface area contributed by atoms with E-state index in [1.807, 2.05) is 41.5 Å². The molecule has 20 nitrogen and oxygen atoms in total. The summed E-state index contributed by atoms with van der Waals surface area (Å²) in [6.07, 6.45) is -1.21. The Hall–Kier alpha value is -4.66. The van der Waals surface area contributed by atoms with Gasteiger partial charge in [0.1, 0.15) is 17.9 Å². The van der Waals surface area contributed by atoms with Crippen LogP contribution in [0.25, 0.3) is 0 Å². The molecule has 0 aromatic heterocycles. The fraction of sp³-hybridized carbons (Fsp3) is 0.815. The first-order valence-electron chi connectivity index (χ1n) is 27.2. The average molecular weight is 1050 g/mol. The molecule has 5 amide bonds. The Morgan fingerprint density at radius 1 is 0.473 bits per heavy atom. The van der Waals surface area contributed by atoms with E-state index in [1.54, 1.807) is 41.5 Å². The Kier molecular flexibility index (Phi) is 31.0. The molecule has 1 heterocycles. The van der Waals surface area contributed by atoms with Crippen molar-refractivity contribution in [3.05, 3.63) is 0 Å². The quantitative estimate of drug-likeness (QED) is 0.0946. The molecule has 424 valence electrons. The molecule has 74 heavy (non-hydrogen) atoms. The summed E-state index contributed by atoms with van der Waals surface area (Å²) in [5.74, 6) is -12.1. The predicted octanol–water partition coefficient (Wildman–Crippen LogP) is 2.56. The number of esters is 1. The SMILES string of the molecule is CCC(C)C1CC(=O)CC(CCN)C(=O)N[C@@H](C(C)C)C(=O)CC(CCN)C(=O)NC(C(C)CC)C(=O)NC(CC(C)C)C(=O)CC(CCN)C(=O)NC(C(C)C)C(=O)CC(CC(C)C)C(=O)NC(CO)C(=O)O1. The van der Waals surface area contributed by atoms with Gasteiger partial charge in [-0.25, -0.2) is 4.79 Å². The minimum absolute atomic E-state index is 0.0139. The topological polar surface area (TPSA) is 338 Å². The van der Waals surface area contributed by atoms with E-state index in [9.17, 15) is 53.1 Å². The molecular formula is C54H96N8O12. The molecule has 1 aliphatic rings. The van der Waals surface area contributed by atoms with Crippen LogP contribution in [0, 0.1) is 59.2 Å². The number of cyclic esters (lactones) is 1. The lowest BCUT2D eigenvalue weighted by Gasteiger charge is -2.30. The zero-order chi connectivity index (χ0) is 56.6. The van der Waals surface area contributed by atoms with E-state index in [-0.39, 0.29) is 102 Å². The van der Waals surface area contributed by atoms with Gasteiger partial charge in [0.25, 0.3) is 0 Å². The maximum atomic E-state index is 14.3. The fourth-order valence-electron chi connectivity index (χ4n) is 9.22. The van der Waals surface area contributed by atoms with Crippen LogP contribution in [-0.4, -0.2) is 126 Å². The van der Waals surface area contributed by atoms with Gasteiger partial charge in [-0.15, -0.1) is 0 Å². The number of carbonyl (C=O) groups excluding carboxylic acids is 10. The van der Waals surface area contributed by atoms with Gasteiger partial charge in [0.05, 0.1) is 24.7 Å². The standard InChI is InChI=1S/C54H96N8O12/c1-13-33(11)45-27-39(64)23-35(15-18-55)49(68)60-46(31(7)8)43(66)25-37(17-20-57)51(70)62-48(34(12)14-2)53(72)58-40(22-30(5)6)42(65)24-36(16-19-56)50(69)61-47(32(9)10)44(67)26-38(21-29(3)4)52(71)59-41(28-63)54(73)74-45/h29-38,40-41,45-48,63H,13-28,55-57H2,1-12H3,(H,58,72)(H,59,71)(H,60,68)(H,61,69)(H,62,70)/t33?,34?,35?,36?,37?,38?,40?,41?,45?,46-,47?,48?/m0/s1. The second-order valence-electron chi connectivity index (χ2n) is 22.2. The van der Waals surface area contributed by atoms with Gasteiger partial charge < -0.3 is 53.6 Å².